The number of hydrogen-bond acceptors (Lipinski definition) is 4. The topological polar surface area (TPSA) is 54.6 Å². The van der Waals surface area contributed by atoms with E-state index in [4.69, 9.17) is 14.3 Å². The molecule has 1 rings (SSSR count). The Hall–Kier alpha value is -0.840. The van der Waals surface area contributed by atoms with Crippen LogP contribution in [0.3, 0.4) is 0 Å². The zero-order valence-corrected chi connectivity index (χ0v) is 7.53. The maximum Gasteiger partial charge on any atom is 0.117 e. The molecule has 4 nitrogen and oxygen atoms in total. The third-order valence-electron chi connectivity index (χ3n) is 1.54. The van der Waals surface area contributed by atoms with Crippen LogP contribution in [0.15, 0.2) is 22.8 Å². The van der Waals surface area contributed by atoms with E-state index in [1.54, 1.807) is 6.26 Å². The molecule has 0 radical (unpaired) electrons. The summed E-state index contributed by atoms with van der Waals surface area (Å²) in [5.74, 6) is 0.919. The lowest BCUT2D eigenvalue weighted by molar-refractivity contribution is 0.0936. The van der Waals surface area contributed by atoms with Gasteiger partial charge in [-0.1, -0.05) is 0 Å². The Morgan fingerprint density at radius 3 is 3.08 bits per heavy atom. The second kappa shape index (κ2) is 6.65. The number of aliphatic hydroxyl groups excluding tert-OH is 1. The van der Waals surface area contributed by atoms with Crippen LogP contribution in [0.4, 0.5) is 0 Å². The average Bonchev–Trinajstić information content (AvgIpc) is 2.63. The van der Waals surface area contributed by atoms with E-state index in [0.29, 0.717) is 13.2 Å². The summed E-state index contributed by atoms with van der Waals surface area (Å²) in [5, 5.41) is 11.6. The van der Waals surface area contributed by atoms with Crippen LogP contribution >= 0.6 is 0 Å². The molecule has 0 spiro atoms. The zero-order chi connectivity index (χ0) is 9.36. The molecule has 0 unspecified atom stereocenters. The molecule has 0 saturated heterocycles. The molecule has 13 heavy (non-hydrogen) atoms. The summed E-state index contributed by atoms with van der Waals surface area (Å²) in [7, 11) is 0. The first-order valence-electron chi connectivity index (χ1n) is 4.35. The summed E-state index contributed by atoms with van der Waals surface area (Å²) in [6, 6.07) is 3.78. The summed E-state index contributed by atoms with van der Waals surface area (Å²) < 4.78 is 10.2. The summed E-state index contributed by atoms with van der Waals surface area (Å²) in [4.78, 5) is 0. The summed E-state index contributed by atoms with van der Waals surface area (Å²) in [5.41, 5.74) is 0. The highest BCUT2D eigenvalue weighted by atomic mass is 16.5. The maximum absolute atomic E-state index is 8.41. The highest BCUT2D eigenvalue weighted by Crippen LogP contribution is 1.97. The van der Waals surface area contributed by atoms with Crippen LogP contribution in [-0.2, 0) is 11.3 Å². The van der Waals surface area contributed by atoms with Gasteiger partial charge in [0.1, 0.15) is 5.76 Å². The number of aliphatic hydroxyl groups is 1. The molecular weight excluding hydrogens is 170 g/mol. The maximum atomic E-state index is 8.41. The first-order chi connectivity index (χ1) is 6.43. The van der Waals surface area contributed by atoms with Crippen LogP contribution in [0, 0.1) is 0 Å². The van der Waals surface area contributed by atoms with Gasteiger partial charge in [-0.05, 0) is 12.1 Å². The van der Waals surface area contributed by atoms with Crippen molar-refractivity contribution in [1.29, 1.82) is 0 Å². The minimum Gasteiger partial charge on any atom is -0.468 e. The van der Waals surface area contributed by atoms with E-state index in [2.05, 4.69) is 5.32 Å². The third-order valence-corrected chi connectivity index (χ3v) is 1.54. The number of furan rings is 1. The van der Waals surface area contributed by atoms with Crippen molar-refractivity contribution in [2.75, 3.05) is 26.4 Å². The fourth-order valence-electron chi connectivity index (χ4n) is 0.936. The molecule has 0 aliphatic carbocycles. The Bertz CT molecular complexity index is 199. The first-order valence-corrected chi connectivity index (χ1v) is 4.35. The van der Waals surface area contributed by atoms with Crippen molar-refractivity contribution in [1.82, 2.24) is 5.32 Å². The van der Waals surface area contributed by atoms with Crippen LogP contribution in [0.5, 0.6) is 0 Å². The molecular formula is C9H15NO3. The molecule has 1 aromatic heterocycles. The molecule has 0 aliphatic rings. The Morgan fingerprint density at radius 2 is 2.38 bits per heavy atom. The summed E-state index contributed by atoms with van der Waals surface area (Å²) >= 11 is 0. The molecule has 74 valence electrons. The van der Waals surface area contributed by atoms with Gasteiger partial charge in [-0.3, -0.25) is 0 Å². The van der Waals surface area contributed by atoms with Crippen molar-refractivity contribution in [2.45, 2.75) is 6.54 Å². The van der Waals surface area contributed by atoms with Gasteiger partial charge >= 0.3 is 0 Å². The fraction of sp³-hybridized carbons (Fsp3) is 0.556. The van der Waals surface area contributed by atoms with Gasteiger partial charge in [0, 0.05) is 6.54 Å². The van der Waals surface area contributed by atoms with Crippen LogP contribution in [0.2, 0.25) is 0 Å². The summed E-state index contributed by atoms with van der Waals surface area (Å²) in [6.07, 6.45) is 1.65. The molecule has 0 fully saturated rings. The lowest BCUT2D eigenvalue weighted by Gasteiger charge is -2.02. The van der Waals surface area contributed by atoms with E-state index in [9.17, 15) is 0 Å². The largest absolute Gasteiger partial charge is 0.468 e. The number of ether oxygens (including phenoxy) is 1. The Labute approximate surface area is 77.5 Å². The highest BCUT2D eigenvalue weighted by Gasteiger charge is 1.93. The standard InChI is InChI=1S/C9H15NO3/c11-4-7-12-6-3-10-8-9-2-1-5-13-9/h1-2,5,10-11H,3-4,6-8H2. The number of nitrogens with one attached hydrogen (secondary N) is 1. The van der Waals surface area contributed by atoms with Gasteiger partial charge in [-0.25, -0.2) is 0 Å². The molecule has 2 N–H and O–H groups in total. The van der Waals surface area contributed by atoms with E-state index in [1.807, 2.05) is 12.1 Å². The van der Waals surface area contributed by atoms with Crippen molar-refractivity contribution in [3.05, 3.63) is 24.2 Å². The van der Waals surface area contributed by atoms with Crippen molar-refractivity contribution < 1.29 is 14.3 Å². The molecule has 4 heteroatoms. The van der Waals surface area contributed by atoms with E-state index in [0.717, 1.165) is 18.8 Å². The second-order valence-corrected chi connectivity index (χ2v) is 2.59. The predicted molar refractivity (Wildman–Crippen MR) is 48.3 cm³/mol. The van der Waals surface area contributed by atoms with Crippen molar-refractivity contribution >= 4 is 0 Å². The van der Waals surface area contributed by atoms with Crippen molar-refractivity contribution in [3.8, 4) is 0 Å². The van der Waals surface area contributed by atoms with E-state index < -0.39 is 0 Å². The number of hydrogen-bond donors (Lipinski definition) is 2. The lowest BCUT2D eigenvalue weighted by Crippen LogP contribution is -2.19. The lowest BCUT2D eigenvalue weighted by atomic mass is 10.4. The molecule has 1 aromatic rings. The van der Waals surface area contributed by atoms with Gasteiger partial charge in [0.25, 0.3) is 0 Å². The average molecular weight is 185 g/mol. The minimum atomic E-state index is 0.0815. The normalized spacial score (nSPS) is 10.5. The van der Waals surface area contributed by atoms with Gasteiger partial charge in [-0.2, -0.15) is 0 Å². The first kappa shape index (κ1) is 10.2. The van der Waals surface area contributed by atoms with E-state index in [1.165, 1.54) is 0 Å². The number of rotatable bonds is 7. The molecule has 0 atom stereocenters. The van der Waals surface area contributed by atoms with E-state index in [-0.39, 0.29) is 6.61 Å². The second-order valence-electron chi connectivity index (χ2n) is 2.59. The Morgan fingerprint density at radius 1 is 1.46 bits per heavy atom. The Balaban J connectivity index is 1.90. The highest BCUT2D eigenvalue weighted by molar-refractivity contribution is 4.97. The zero-order valence-electron chi connectivity index (χ0n) is 7.53. The van der Waals surface area contributed by atoms with Crippen LogP contribution < -0.4 is 5.32 Å². The molecule has 0 aliphatic heterocycles. The quantitative estimate of drug-likeness (QED) is 0.603. The van der Waals surface area contributed by atoms with E-state index >= 15 is 0 Å². The summed E-state index contributed by atoms with van der Waals surface area (Å²) in [6.45, 7) is 2.58. The van der Waals surface area contributed by atoms with Crippen molar-refractivity contribution in [2.24, 2.45) is 0 Å². The third kappa shape index (κ3) is 4.67. The molecule has 0 bridgehead atoms. The van der Waals surface area contributed by atoms with Gasteiger partial charge in [-0.15, -0.1) is 0 Å². The molecule has 0 saturated carbocycles. The fourth-order valence-corrected chi connectivity index (χ4v) is 0.936. The Kier molecular flexibility index (Phi) is 5.24. The van der Waals surface area contributed by atoms with Gasteiger partial charge in [0.15, 0.2) is 0 Å². The van der Waals surface area contributed by atoms with Gasteiger partial charge in [0.2, 0.25) is 0 Å². The molecule has 0 aromatic carbocycles. The van der Waals surface area contributed by atoms with Gasteiger partial charge in [0.05, 0.1) is 32.6 Å². The minimum absolute atomic E-state index is 0.0815. The SMILES string of the molecule is OCCOCCNCc1ccco1. The van der Waals surface area contributed by atoms with Crippen LogP contribution in [0.1, 0.15) is 5.76 Å². The monoisotopic (exact) mass is 185 g/mol. The molecule has 0 amide bonds. The predicted octanol–water partition coefficient (Wildman–Crippen LogP) is 0.378. The van der Waals surface area contributed by atoms with Crippen molar-refractivity contribution in [3.63, 3.8) is 0 Å². The smallest absolute Gasteiger partial charge is 0.117 e. The molecule has 1 heterocycles. The van der Waals surface area contributed by atoms with Crippen LogP contribution in [-0.4, -0.2) is 31.5 Å². The van der Waals surface area contributed by atoms with Gasteiger partial charge < -0.3 is 19.6 Å². The van der Waals surface area contributed by atoms with Crippen LogP contribution in [0.25, 0.3) is 0 Å².